The maximum absolute atomic E-state index is 12.3. The number of hydrogen-bond donors (Lipinski definition) is 1. The molecule has 2 aliphatic heterocycles. The van der Waals surface area contributed by atoms with Gasteiger partial charge in [-0.05, 0) is 61.2 Å². The summed E-state index contributed by atoms with van der Waals surface area (Å²) in [4.78, 5) is 25.4. The smallest absolute Gasteiger partial charge is 0.325 e. The fourth-order valence-corrected chi connectivity index (χ4v) is 3.61. The van der Waals surface area contributed by atoms with Gasteiger partial charge in [-0.3, -0.25) is 9.59 Å². The third kappa shape index (κ3) is 3.53. The number of aryl methyl sites for hydroxylation is 2. The number of hydrazone groups is 1. The number of nitrogens with zero attached hydrogens (tertiary/aromatic N) is 3. The standard InChI is InChI=1S/C22H21N3O3/c1-15-4-7-19(8-5-15)24-10-2-3-17-11-16(6-9-20(17)24)12-18-13-23-25(22(18)28)14-21(26)27/h4-9,11-13H,2-3,10,14H2,1H3,(H,26,27)/b18-12-. The van der Waals surface area contributed by atoms with E-state index in [0.717, 1.165) is 30.0 Å². The molecule has 4 rings (SSSR count). The molecule has 2 aromatic rings. The van der Waals surface area contributed by atoms with Gasteiger partial charge in [-0.1, -0.05) is 23.8 Å². The minimum atomic E-state index is -1.09. The van der Waals surface area contributed by atoms with Crippen molar-refractivity contribution in [1.29, 1.82) is 0 Å². The molecule has 6 heteroatoms. The average Bonchev–Trinajstić information content (AvgIpc) is 3.01. The lowest BCUT2D eigenvalue weighted by molar-refractivity contribution is -0.142. The van der Waals surface area contributed by atoms with Gasteiger partial charge >= 0.3 is 5.97 Å². The normalized spacial score (nSPS) is 17.3. The maximum Gasteiger partial charge on any atom is 0.325 e. The van der Waals surface area contributed by atoms with Gasteiger partial charge in [0.2, 0.25) is 0 Å². The van der Waals surface area contributed by atoms with E-state index in [0.29, 0.717) is 5.57 Å². The van der Waals surface area contributed by atoms with E-state index >= 15 is 0 Å². The highest BCUT2D eigenvalue weighted by Crippen LogP contribution is 2.34. The Balaban J connectivity index is 1.59. The minimum Gasteiger partial charge on any atom is -0.480 e. The van der Waals surface area contributed by atoms with Crippen molar-refractivity contribution in [3.63, 3.8) is 0 Å². The first-order valence-corrected chi connectivity index (χ1v) is 9.28. The number of amides is 1. The highest BCUT2D eigenvalue weighted by atomic mass is 16.4. The van der Waals surface area contributed by atoms with Crippen molar-refractivity contribution in [3.05, 3.63) is 64.7 Å². The summed E-state index contributed by atoms with van der Waals surface area (Å²) in [6, 6.07) is 14.7. The van der Waals surface area contributed by atoms with Gasteiger partial charge in [-0.2, -0.15) is 5.10 Å². The summed E-state index contributed by atoms with van der Waals surface area (Å²) >= 11 is 0. The van der Waals surface area contributed by atoms with E-state index in [-0.39, 0.29) is 5.91 Å². The molecule has 28 heavy (non-hydrogen) atoms. The third-order valence-electron chi connectivity index (χ3n) is 4.99. The van der Waals surface area contributed by atoms with Crippen LogP contribution in [0.5, 0.6) is 0 Å². The van der Waals surface area contributed by atoms with Crippen LogP contribution in [0.4, 0.5) is 11.4 Å². The number of anilines is 2. The lowest BCUT2D eigenvalue weighted by atomic mass is 9.97. The molecule has 142 valence electrons. The molecule has 0 atom stereocenters. The van der Waals surface area contributed by atoms with Crippen molar-refractivity contribution < 1.29 is 14.7 Å². The molecule has 0 aromatic heterocycles. The van der Waals surface area contributed by atoms with Crippen molar-refractivity contribution in [2.24, 2.45) is 5.10 Å². The number of fused-ring (bicyclic) bond motifs is 1. The highest BCUT2D eigenvalue weighted by Gasteiger charge is 2.25. The Hall–Kier alpha value is -3.41. The van der Waals surface area contributed by atoms with E-state index < -0.39 is 12.5 Å². The number of hydrogen-bond acceptors (Lipinski definition) is 4. The first-order valence-electron chi connectivity index (χ1n) is 9.28. The zero-order valence-electron chi connectivity index (χ0n) is 15.6. The molecule has 0 unspecified atom stereocenters. The van der Waals surface area contributed by atoms with Crippen LogP contribution in [-0.2, 0) is 16.0 Å². The summed E-state index contributed by atoms with van der Waals surface area (Å²) in [6.07, 6.45) is 5.23. The van der Waals surface area contributed by atoms with Crippen LogP contribution >= 0.6 is 0 Å². The second-order valence-electron chi connectivity index (χ2n) is 7.08. The SMILES string of the molecule is Cc1ccc(N2CCCc3cc(/C=C4/C=NN(CC(=O)O)C4=O)ccc32)cc1. The second kappa shape index (κ2) is 7.31. The number of benzene rings is 2. The van der Waals surface area contributed by atoms with Gasteiger partial charge in [0.25, 0.3) is 5.91 Å². The topological polar surface area (TPSA) is 73.2 Å². The molecule has 0 saturated carbocycles. The molecule has 0 aliphatic carbocycles. The zero-order chi connectivity index (χ0) is 19.7. The second-order valence-corrected chi connectivity index (χ2v) is 7.08. The van der Waals surface area contributed by atoms with Crippen LogP contribution in [0.2, 0.25) is 0 Å². The molecule has 2 heterocycles. The number of rotatable bonds is 4. The quantitative estimate of drug-likeness (QED) is 0.832. The summed E-state index contributed by atoms with van der Waals surface area (Å²) in [5.74, 6) is -1.47. The van der Waals surface area contributed by atoms with E-state index in [9.17, 15) is 9.59 Å². The van der Waals surface area contributed by atoms with Gasteiger partial charge in [0, 0.05) is 17.9 Å². The summed E-state index contributed by atoms with van der Waals surface area (Å²) in [6.45, 7) is 2.63. The largest absolute Gasteiger partial charge is 0.480 e. The molecule has 2 aliphatic rings. The Bertz CT molecular complexity index is 993. The van der Waals surface area contributed by atoms with Crippen LogP contribution in [0.1, 0.15) is 23.1 Å². The van der Waals surface area contributed by atoms with Gasteiger partial charge in [0.1, 0.15) is 6.54 Å². The van der Waals surface area contributed by atoms with Crippen LogP contribution in [0, 0.1) is 6.92 Å². The Kier molecular flexibility index (Phi) is 4.69. The molecule has 2 aromatic carbocycles. The molecule has 0 bridgehead atoms. The first kappa shape index (κ1) is 18.0. The van der Waals surface area contributed by atoms with Crippen LogP contribution in [0.3, 0.4) is 0 Å². The molecular formula is C22H21N3O3. The molecule has 0 fully saturated rings. The van der Waals surface area contributed by atoms with Gasteiger partial charge < -0.3 is 10.0 Å². The van der Waals surface area contributed by atoms with E-state index in [1.165, 1.54) is 28.7 Å². The molecule has 0 spiro atoms. The van der Waals surface area contributed by atoms with Crippen molar-refractivity contribution >= 4 is 35.5 Å². The van der Waals surface area contributed by atoms with Crippen LogP contribution < -0.4 is 4.90 Å². The Morgan fingerprint density at radius 1 is 1.21 bits per heavy atom. The Morgan fingerprint density at radius 2 is 2.00 bits per heavy atom. The van der Waals surface area contributed by atoms with Crippen LogP contribution in [-0.4, -0.2) is 41.3 Å². The van der Waals surface area contributed by atoms with E-state index in [2.05, 4.69) is 53.3 Å². The Labute approximate surface area is 163 Å². The van der Waals surface area contributed by atoms with Gasteiger partial charge in [-0.15, -0.1) is 0 Å². The van der Waals surface area contributed by atoms with Gasteiger partial charge in [0.15, 0.2) is 0 Å². The fourth-order valence-electron chi connectivity index (χ4n) is 3.61. The summed E-state index contributed by atoms with van der Waals surface area (Å²) in [7, 11) is 0. The van der Waals surface area contributed by atoms with Crippen molar-refractivity contribution in [3.8, 4) is 0 Å². The summed E-state index contributed by atoms with van der Waals surface area (Å²) < 4.78 is 0. The van der Waals surface area contributed by atoms with Crippen LogP contribution in [0.25, 0.3) is 6.08 Å². The number of aliphatic carboxylic acids is 1. The van der Waals surface area contributed by atoms with Gasteiger partial charge in [-0.25, -0.2) is 5.01 Å². The number of carbonyl (C=O) groups is 2. The van der Waals surface area contributed by atoms with E-state index in [1.807, 2.05) is 6.07 Å². The fraction of sp³-hybridized carbons (Fsp3) is 0.227. The Morgan fingerprint density at radius 3 is 2.75 bits per heavy atom. The van der Waals surface area contributed by atoms with E-state index in [4.69, 9.17) is 5.11 Å². The lowest BCUT2D eigenvalue weighted by Gasteiger charge is -2.31. The van der Waals surface area contributed by atoms with Crippen LogP contribution in [0.15, 0.2) is 53.1 Å². The van der Waals surface area contributed by atoms with Crippen molar-refractivity contribution in [2.45, 2.75) is 19.8 Å². The minimum absolute atomic E-state index is 0.388. The number of carboxylic acids is 1. The zero-order valence-corrected chi connectivity index (χ0v) is 15.6. The number of carboxylic acid groups (broad SMARTS) is 1. The molecular weight excluding hydrogens is 354 g/mol. The lowest BCUT2D eigenvalue weighted by Crippen LogP contribution is -2.28. The van der Waals surface area contributed by atoms with Crippen molar-refractivity contribution in [1.82, 2.24) is 5.01 Å². The van der Waals surface area contributed by atoms with Crippen molar-refractivity contribution in [2.75, 3.05) is 18.0 Å². The molecule has 0 saturated heterocycles. The first-order chi connectivity index (χ1) is 13.5. The molecule has 1 amide bonds. The third-order valence-corrected chi connectivity index (χ3v) is 4.99. The highest BCUT2D eigenvalue weighted by molar-refractivity contribution is 6.19. The summed E-state index contributed by atoms with van der Waals surface area (Å²) in [5.41, 5.74) is 6.16. The molecule has 1 N–H and O–H groups in total. The monoisotopic (exact) mass is 375 g/mol. The van der Waals surface area contributed by atoms with E-state index in [1.54, 1.807) is 6.08 Å². The summed E-state index contributed by atoms with van der Waals surface area (Å²) in [5, 5.41) is 13.7. The molecule has 0 radical (unpaired) electrons. The molecule has 6 nitrogen and oxygen atoms in total. The average molecular weight is 375 g/mol. The predicted molar refractivity (Wildman–Crippen MR) is 109 cm³/mol. The van der Waals surface area contributed by atoms with Gasteiger partial charge in [0.05, 0.1) is 11.8 Å². The maximum atomic E-state index is 12.3. The number of carbonyl (C=O) groups excluding carboxylic acids is 1. The predicted octanol–water partition coefficient (Wildman–Crippen LogP) is 3.38.